The lowest BCUT2D eigenvalue weighted by atomic mass is 10.0. The number of rotatable bonds is 3. The highest BCUT2D eigenvalue weighted by Gasteiger charge is 2.28. The van der Waals surface area contributed by atoms with Crippen LogP contribution in [0.4, 0.5) is 0 Å². The maximum Gasteiger partial charge on any atom is 0.119 e. The van der Waals surface area contributed by atoms with E-state index in [2.05, 4.69) is 35.8 Å². The van der Waals surface area contributed by atoms with Crippen molar-refractivity contribution in [1.82, 2.24) is 10.6 Å². The van der Waals surface area contributed by atoms with Crippen molar-refractivity contribution in [2.75, 3.05) is 13.2 Å². The summed E-state index contributed by atoms with van der Waals surface area (Å²) in [6.45, 7) is 6.10. The second-order valence-electron chi connectivity index (χ2n) is 5.41. The van der Waals surface area contributed by atoms with E-state index >= 15 is 0 Å². The van der Waals surface area contributed by atoms with Gasteiger partial charge in [-0.05, 0) is 49.6 Å². The normalized spacial score (nSPS) is 27.1. The molecule has 3 nitrogen and oxygen atoms in total. The van der Waals surface area contributed by atoms with E-state index in [9.17, 15) is 0 Å². The number of ether oxygens (including phenoxy) is 1. The predicted octanol–water partition coefficient (Wildman–Crippen LogP) is 1.81. The van der Waals surface area contributed by atoms with Gasteiger partial charge in [0.15, 0.2) is 0 Å². The molecular formula is C14H20N2O. The fourth-order valence-corrected chi connectivity index (χ4v) is 2.68. The van der Waals surface area contributed by atoms with Gasteiger partial charge in [0.2, 0.25) is 0 Å². The summed E-state index contributed by atoms with van der Waals surface area (Å²) in [5.74, 6) is 1.00. The summed E-state index contributed by atoms with van der Waals surface area (Å²) in [7, 11) is 0. The molecule has 0 saturated carbocycles. The molecule has 0 aromatic heterocycles. The summed E-state index contributed by atoms with van der Waals surface area (Å²) in [5, 5.41) is 6.87. The molecule has 0 aliphatic carbocycles. The van der Waals surface area contributed by atoms with Gasteiger partial charge >= 0.3 is 0 Å². The molecule has 2 heterocycles. The fraction of sp³-hybridized carbons (Fsp3) is 0.571. The van der Waals surface area contributed by atoms with Gasteiger partial charge in [-0.2, -0.15) is 0 Å². The van der Waals surface area contributed by atoms with E-state index in [1.165, 1.54) is 24.0 Å². The van der Waals surface area contributed by atoms with E-state index in [1.807, 2.05) is 0 Å². The molecule has 0 radical (unpaired) electrons. The molecular weight excluding hydrogens is 212 g/mol. The van der Waals surface area contributed by atoms with E-state index in [4.69, 9.17) is 4.74 Å². The second kappa shape index (κ2) is 4.31. The van der Waals surface area contributed by atoms with Crippen LogP contribution in [0.15, 0.2) is 18.2 Å². The SMILES string of the molecule is CC1(COc2ccc3c(c2)CNC3)CCCN1. The lowest BCUT2D eigenvalue weighted by molar-refractivity contribution is 0.212. The van der Waals surface area contributed by atoms with Crippen LogP contribution in [0.3, 0.4) is 0 Å². The molecule has 1 atom stereocenters. The first kappa shape index (κ1) is 11.1. The lowest BCUT2D eigenvalue weighted by Gasteiger charge is -2.24. The molecule has 3 heteroatoms. The van der Waals surface area contributed by atoms with Crippen molar-refractivity contribution in [2.24, 2.45) is 0 Å². The van der Waals surface area contributed by atoms with Crippen LogP contribution in [0.2, 0.25) is 0 Å². The molecule has 17 heavy (non-hydrogen) atoms. The van der Waals surface area contributed by atoms with Crippen molar-refractivity contribution in [3.63, 3.8) is 0 Å². The van der Waals surface area contributed by atoms with Gasteiger partial charge in [0.05, 0.1) is 0 Å². The number of hydrogen-bond donors (Lipinski definition) is 2. The van der Waals surface area contributed by atoms with Crippen molar-refractivity contribution in [1.29, 1.82) is 0 Å². The minimum atomic E-state index is 0.164. The monoisotopic (exact) mass is 232 g/mol. The van der Waals surface area contributed by atoms with Gasteiger partial charge in [0.25, 0.3) is 0 Å². The van der Waals surface area contributed by atoms with Gasteiger partial charge < -0.3 is 15.4 Å². The van der Waals surface area contributed by atoms with Gasteiger partial charge in [-0.3, -0.25) is 0 Å². The first-order chi connectivity index (χ1) is 8.25. The van der Waals surface area contributed by atoms with Gasteiger partial charge in [-0.15, -0.1) is 0 Å². The second-order valence-corrected chi connectivity index (χ2v) is 5.41. The number of fused-ring (bicyclic) bond motifs is 1. The zero-order chi connectivity index (χ0) is 11.7. The van der Waals surface area contributed by atoms with E-state index in [1.54, 1.807) is 0 Å². The molecule has 0 amide bonds. The van der Waals surface area contributed by atoms with Gasteiger partial charge in [0, 0.05) is 18.6 Å². The van der Waals surface area contributed by atoms with Crippen LogP contribution in [-0.2, 0) is 13.1 Å². The summed E-state index contributed by atoms with van der Waals surface area (Å²) < 4.78 is 5.93. The van der Waals surface area contributed by atoms with Crippen molar-refractivity contribution in [3.8, 4) is 5.75 Å². The molecule has 1 aromatic rings. The molecule has 92 valence electrons. The highest BCUT2D eigenvalue weighted by atomic mass is 16.5. The highest BCUT2D eigenvalue weighted by Crippen LogP contribution is 2.24. The Morgan fingerprint density at radius 1 is 1.29 bits per heavy atom. The molecule has 2 N–H and O–H groups in total. The van der Waals surface area contributed by atoms with E-state index < -0.39 is 0 Å². The molecule has 2 aliphatic rings. The van der Waals surface area contributed by atoms with Gasteiger partial charge in [-0.1, -0.05) is 6.07 Å². The Hall–Kier alpha value is -1.06. The maximum absolute atomic E-state index is 5.93. The Bertz CT molecular complexity index is 411. The largest absolute Gasteiger partial charge is 0.492 e. The van der Waals surface area contributed by atoms with Crippen LogP contribution in [0.5, 0.6) is 5.75 Å². The lowest BCUT2D eigenvalue weighted by Crippen LogP contribution is -2.42. The van der Waals surface area contributed by atoms with Crippen molar-refractivity contribution < 1.29 is 4.74 Å². The summed E-state index contributed by atoms with van der Waals surface area (Å²) in [4.78, 5) is 0. The molecule has 3 rings (SSSR count). The molecule has 1 unspecified atom stereocenters. The summed E-state index contributed by atoms with van der Waals surface area (Å²) in [5.41, 5.74) is 2.95. The minimum absolute atomic E-state index is 0.164. The van der Waals surface area contributed by atoms with Crippen molar-refractivity contribution >= 4 is 0 Å². The average molecular weight is 232 g/mol. The Kier molecular flexibility index (Phi) is 2.81. The summed E-state index contributed by atoms with van der Waals surface area (Å²) in [6, 6.07) is 6.44. The van der Waals surface area contributed by atoms with E-state index in [0.29, 0.717) is 0 Å². The Labute approximate surface area is 103 Å². The van der Waals surface area contributed by atoms with E-state index in [0.717, 1.165) is 32.0 Å². The summed E-state index contributed by atoms with van der Waals surface area (Å²) in [6.07, 6.45) is 2.47. The van der Waals surface area contributed by atoms with Crippen molar-refractivity contribution in [2.45, 2.75) is 38.4 Å². The van der Waals surface area contributed by atoms with Crippen LogP contribution in [0, 0.1) is 0 Å². The Balaban J connectivity index is 1.65. The Morgan fingerprint density at radius 2 is 2.18 bits per heavy atom. The average Bonchev–Trinajstić information content (AvgIpc) is 2.95. The van der Waals surface area contributed by atoms with Crippen LogP contribution in [-0.4, -0.2) is 18.7 Å². The highest BCUT2D eigenvalue weighted by molar-refractivity contribution is 5.37. The van der Waals surface area contributed by atoms with Gasteiger partial charge in [-0.25, -0.2) is 0 Å². The molecule has 1 aromatic carbocycles. The standard InChI is InChI=1S/C14H20N2O/c1-14(5-2-6-16-14)10-17-13-4-3-11-8-15-9-12(11)7-13/h3-4,7,15-16H,2,5-6,8-10H2,1H3. The number of benzene rings is 1. The third-order valence-electron chi connectivity index (χ3n) is 3.82. The predicted molar refractivity (Wildman–Crippen MR) is 68.1 cm³/mol. The Morgan fingerprint density at radius 3 is 3.00 bits per heavy atom. The zero-order valence-corrected chi connectivity index (χ0v) is 10.4. The van der Waals surface area contributed by atoms with Crippen LogP contribution < -0.4 is 15.4 Å². The third-order valence-corrected chi connectivity index (χ3v) is 3.82. The molecule has 0 spiro atoms. The van der Waals surface area contributed by atoms with Crippen LogP contribution >= 0.6 is 0 Å². The molecule has 2 aliphatic heterocycles. The fourth-order valence-electron chi connectivity index (χ4n) is 2.68. The molecule has 1 fully saturated rings. The van der Waals surface area contributed by atoms with Gasteiger partial charge in [0.1, 0.15) is 12.4 Å². The van der Waals surface area contributed by atoms with Crippen molar-refractivity contribution in [3.05, 3.63) is 29.3 Å². The van der Waals surface area contributed by atoms with Crippen LogP contribution in [0.1, 0.15) is 30.9 Å². The zero-order valence-electron chi connectivity index (χ0n) is 10.4. The quantitative estimate of drug-likeness (QED) is 0.834. The molecule has 0 bridgehead atoms. The smallest absolute Gasteiger partial charge is 0.119 e. The van der Waals surface area contributed by atoms with E-state index in [-0.39, 0.29) is 5.54 Å². The number of hydrogen-bond acceptors (Lipinski definition) is 3. The molecule has 1 saturated heterocycles. The van der Waals surface area contributed by atoms with Crippen LogP contribution in [0.25, 0.3) is 0 Å². The third kappa shape index (κ3) is 2.31. The first-order valence-electron chi connectivity index (χ1n) is 6.46. The minimum Gasteiger partial charge on any atom is -0.492 e. The summed E-state index contributed by atoms with van der Waals surface area (Å²) >= 11 is 0. The number of nitrogens with one attached hydrogen (secondary N) is 2. The topological polar surface area (TPSA) is 33.3 Å². The maximum atomic E-state index is 5.93. The first-order valence-corrected chi connectivity index (χ1v) is 6.46.